The van der Waals surface area contributed by atoms with Gasteiger partial charge < -0.3 is 10.0 Å². The van der Waals surface area contributed by atoms with Gasteiger partial charge in [0.05, 0.1) is 18.6 Å². The summed E-state index contributed by atoms with van der Waals surface area (Å²) in [5.74, 6) is 0.00945. The Hall–Kier alpha value is -2.13. The molecule has 20 heavy (non-hydrogen) atoms. The number of likely N-dealkylation sites (tertiary alicyclic amines) is 1. The number of aliphatic hydroxyl groups is 1. The Morgan fingerprint density at radius 1 is 0.950 bits per heavy atom. The summed E-state index contributed by atoms with van der Waals surface area (Å²) in [6.07, 6.45) is -0.340. The fraction of sp³-hybridized carbons (Fsp3) is 0.235. The lowest BCUT2D eigenvalue weighted by Gasteiger charge is -2.28. The average Bonchev–Trinajstić information content (AvgIpc) is 2.80. The quantitative estimate of drug-likeness (QED) is 0.927. The maximum absolute atomic E-state index is 12.1. The molecule has 1 aliphatic rings. The van der Waals surface area contributed by atoms with Gasteiger partial charge in [-0.25, -0.2) is 0 Å². The van der Waals surface area contributed by atoms with Crippen molar-refractivity contribution < 1.29 is 9.90 Å². The highest BCUT2D eigenvalue weighted by Gasteiger charge is 2.34. The van der Waals surface area contributed by atoms with Crippen LogP contribution in [0.4, 0.5) is 0 Å². The first-order valence-corrected chi connectivity index (χ1v) is 6.83. The molecule has 0 spiro atoms. The van der Waals surface area contributed by atoms with Gasteiger partial charge in [0.15, 0.2) is 0 Å². The summed E-state index contributed by atoms with van der Waals surface area (Å²) in [5, 5.41) is 9.75. The van der Waals surface area contributed by atoms with E-state index in [0.29, 0.717) is 6.54 Å². The SMILES string of the molecule is O=C1CC(O)CN1C(c1ccccc1)c1ccccc1. The minimum atomic E-state index is -0.558. The van der Waals surface area contributed by atoms with Crippen molar-refractivity contribution in [3.63, 3.8) is 0 Å². The lowest BCUT2D eigenvalue weighted by Crippen LogP contribution is -2.31. The Balaban J connectivity index is 2.03. The molecule has 1 saturated heterocycles. The third-order valence-corrected chi connectivity index (χ3v) is 3.68. The molecule has 1 atom stereocenters. The minimum absolute atomic E-state index is 0.00945. The molecule has 3 rings (SSSR count). The molecular formula is C17H17NO2. The number of hydrogen-bond donors (Lipinski definition) is 1. The van der Waals surface area contributed by atoms with E-state index >= 15 is 0 Å². The number of hydrogen-bond acceptors (Lipinski definition) is 2. The molecule has 1 aliphatic heterocycles. The molecule has 0 saturated carbocycles. The predicted molar refractivity (Wildman–Crippen MR) is 77.1 cm³/mol. The van der Waals surface area contributed by atoms with Crippen molar-refractivity contribution >= 4 is 5.91 Å². The van der Waals surface area contributed by atoms with Gasteiger partial charge in [-0.05, 0) is 11.1 Å². The summed E-state index contributed by atoms with van der Waals surface area (Å²) in [7, 11) is 0. The molecule has 0 radical (unpaired) electrons. The molecule has 3 nitrogen and oxygen atoms in total. The van der Waals surface area contributed by atoms with Gasteiger partial charge in [0, 0.05) is 6.54 Å². The van der Waals surface area contributed by atoms with Crippen LogP contribution < -0.4 is 0 Å². The maximum atomic E-state index is 12.1. The largest absolute Gasteiger partial charge is 0.391 e. The number of nitrogens with zero attached hydrogens (tertiary/aromatic N) is 1. The van der Waals surface area contributed by atoms with Crippen LogP contribution in [-0.4, -0.2) is 28.6 Å². The number of carbonyl (C=O) groups excluding carboxylic acids is 1. The summed E-state index contributed by atoms with van der Waals surface area (Å²) in [5.41, 5.74) is 2.14. The number of β-amino-alcohol motifs (C(OH)–C–C–N with tert-alkyl or cyclic N) is 1. The Labute approximate surface area is 118 Å². The normalized spacial score (nSPS) is 18.8. The number of aliphatic hydroxyl groups excluding tert-OH is 1. The van der Waals surface area contributed by atoms with Crippen LogP contribution >= 0.6 is 0 Å². The molecule has 102 valence electrons. The lowest BCUT2D eigenvalue weighted by atomic mass is 9.97. The number of carbonyl (C=O) groups is 1. The zero-order valence-electron chi connectivity index (χ0n) is 11.1. The average molecular weight is 267 g/mol. The van der Waals surface area contributed by atoms with Crippen molar-refractivity contribution in [3.05, 3.63) is 71.8 Å². The Bertz CT molecular complexity index is 543. The highest BCUT2D eigenvalue weighted by Crippen LogP contribution is 2.32. The van der Waals surface area contributed by atoms with E-state index in [4.69, 9.17) is 0 Å². The van der Waals surface area contributed by atoms with Crippen LogP contribution in [0.3, 0.4) is 0 Å². The van der Waals surface area contributed by atoms with E-state index in [0.717, 1.165) is 11.1 Å². The monoisotopic (exact) mass is 267 g/mol. The van der Waals surface area contributed by atoms with Crippen LogP contribution in [-0.2, 0) is 4.79 Å². The molecule has 3 heteroatoms. The van der Waals surface area contributed by atoms with E-state index in [-0.39, 0.29) is 18.4 Å². The van der Waals surface area contributed by atoms with Crippen LogP contribution in [0.1, 0.15) is 23.6 Å². The second-order valence-corrected chi connectivity index (χ2v) is 5.13. The van der Waals surface area contributed by atoms with E-state index in [1.807, 2.05) is 60.7 Å². The molecule has 1 amide bonds. The fourth-order valence-electron chi connectivity index (χ4n) is 2.78. The van der Waals surface area contributed by atoms with Crippen LogP contribution in [0, 0.1) is 0 Å². The van der Waals surface area contributed by atoms with Crippen molar-refractivity contribution in [2.24, 2.45) is 0 Å². The standard InChI is InChI=1S/C17H17NO2/c19-15-11-16(20)18(12-15)17(13-7-3-1-4-8-13)14-9-5-2-6-10-14/h1-10,15,17,19H,11-12H2. The van der Waals surface area contributed by atoms with Gasteiger partial charge in [0.2, 0.25) is 5.91 Å². The zero-order valence-corrected chi connectivity index (χ0v) is 11.1. The summed E-state index contributed by atoms with van der Waals surface area (Å²) in [4.78, 5) is 13.9. The van der Waals surface area contributed by atoms with Crippen LogP contribution in [0.2, 0.25) is 0 Å². The van der Waals surface area contributed by atoms with Gasteiger partial charge in [-0.15, -0.1) is 0 Å². The molecule has 1 heterocycles. The zero-order chi connectivity index (χ0) is 13.9. The van der Waals surface area contributed by atoms with E-state index in [1.165, 1.54) is 0 Å². The third kappa shape index (κ3) is 2.45. The lowest BCUT2D eigenvalue weighted by molar-refractivity contribution is -0.129. The highest BCUT2D eigenvalue weighted by molar-refractivity contribution is 5.80. The molecule has 2 aromatic carbocycles. The smallest absolute Gasteiger partial charge is 0.226 e. The molecule has 2 aromatic rings. The second-order valence-electron chi connectivity index (χ2n) is 5.13. The molecule has 0 aliphatic carbocycles. The summed E-state index contributed by atoms with van der Waals surface area (Å²) in [6.45, 7) is 0.396. The van der Waals surface area contributed by atoms with Crippen molar-refractivity contribution in [3.8, 4) is 0 Å². The van der Waals surface area contributed by atoms with Crippen molar-refractivity contribution in [1.82, 2.24) is 4.90 Å². The molecule has 0 bridgehead atoms. The summed E-state index contributed by atoms with van der Waals surface area (Å²) >= 11 is 0. The van der Waals surface area contributed by atoms with Crippen LogP contribution in [0.25, 0.3) is 0 Å². The molecule has 1 N–H and O–H groups in total. The Morgan fingerprint density at radius 2 is 1.45 bits per heavy atom. The third-order valence-electron chi connectivity index (χ3n) is 3.68. The first kappa shape index (κ1) is 12.9. The summed E-state index contributed by atoms with van der Waals surface area (Å²) < 4.78 is 0. The fourth-order valence-corrected chi connectivity index (χ4v) is 2.78. The van der Waals surface area contributed by atoms with Gasteiger partial charge >= 0.3 is 0 Å². The van der Waals surface area contributed by atoms with E-state index < -0.39 is 6.10 Å². The van der Waals surface area contributed by atoms with E-state index in [1.54, 1.807) is 4.90 Å². The van der Waals surface area contributed by atoms with Gasteiger partial charge in [0.25, 0.3) is 0 Å². The van der Waals surface area contributed by atoms with Crippen LogP contribution in [0.15, 0.2) is 60.7 Å². The maximum Gasteiger partial charge on any atom is 0.226 e. The first-order chi connectivity index (χ1) is 9.75. The molecule has 1 unspecified atom stereocenters. The van der Waals surface area contributed by atoms with Gasteiger partial charge in [-0.2, -0.15) is 0 Å². The minimum Gasteiger partial charge on any atom is -0.391 e. The Kier molecular flexibility index (Phi) is 3.52. The highest BCUT2D eigenvalue weighted by atomic mass is 16.3. The van der Waals surface area contributed by atoms with E-state index in [9.17, 15) is 9.90 Å². The number of amides is 1. The second kappa shape index (κ2) is 5.47. The molecular weight excluding hydrogens is 250 g/mol. The first-order valence-electron chi connectivity index (χ1n) is 6.83. The van der Waals surface area contributed by atoms with Crippen molar-refractivity contribution in [1.29, 1.82) is 0 Å². The van der Waals surface area contributed by atoms with Crippen molar-refractivity contribution in [2.75, 3.05) is 6.54 Å². The van der Waals surface area contributed by atoms with Gasteiger partial charge in [-0.1, -0.05) is 60.7 Å². The predicted octanol–water partition coefficient (Wildman–Crippen LogP) is 2.37. The topological polar surface area (TPSA) is 40.5 Å². The summed E-state index contributed by atoms with van der Waals surface area (Å²) in [6, 6.07) is 19.8. The van der Waals surface area contributed by atoms with Crippen LogP contribution in [0.5, 0.6) is 0 Å². The molecule has 1 fully saturated rings. The van der Waals surface area contributed by atoms with Crippen molar-refractivity contribution in [2.45, 2.75) is 18.6 Å². The van der Waals surface area contributed by atoms with Gasteiger partial charge in [-0.3, -0.25) is 4.79 Å². The number of rotatable bonds is 3. The van der Waals surface area contributed by atoms with E-state index in [2.05, 4.69) is 0 Å². The number of benzene rings is 2. The Morgan fingerprint density at radius 3 is 1.85 bits per heavy atom. The molecule has 0 aromatic heterocycles. The van der Waals surface area contributed by atoms with Gasteiger partial charge in [0.1, 0.15) is 0 Å².